The lowest BCUT2D eigenvalue weighted by Crippen LogP contribution is -1.90. The third-order valence-electron chi connectivity index (χ3n) is 2.53. The highest BCUT2D eigenvalue weighted by Crippen LogP contribution is 2.33. The van der Waals surface area contributed by atoms with Crippen LogP contribution in [0.25, 0.3) is 0 Å². The van der Waals surface area contributed by atoms with Gasteiger partial charge in [0.25, 0.3) is 0 Å². The van der Waals surface area contributed by atoms with E-state index >= 15 is 0 Å². The Morgan fingerprint density at radius 1 is 1.05 bits per heavy atom. The molecule has 1 aromatic carbocycles. The Kier molecular flexibility index (Phi) is 6.42. The first-order valence-corrected chi connectivity index (χ1v) is 8.27. The first-order chi connectivity index (χ1) is 10.2. The fourth-order valence-corrected chi connectivity index (χ4v) is 2.93. The molecular formula is C14H14Cl2N4S. The van der Waals surface area contributed by atoms with Gasteiger partial charge in [-0.25, -0.2) is 9.97 Å². The quantitative estimate of drug-likeness (QED) is 0.210. The molecule has 4 nitrogen and oxygen atoms in total. The minimum absolute atomic E-state index is 0.216. The maximum Gasteiger partial charge on any atom is 0.190 e. The Hall–Kier alpha value is -1.17. The summed E-state index contributed by atoms with van der Waals surface area (Å²) in [6, 6.07) is 9.33. The molecule has 0 saturated carbocycles. The van der Waals surface area contributed by atoms with Gasteiger partial charge in [0.15, 0.2) is 21.2 Å². The largest absolute Gasteiger partial charge is 0.208 e. The summed E-state index contributed by atoms with van der Waals surface area (Å²) in [7, 11) is 0. The number of hydrogen-bond donors (Lipinski definition) is 0. The SMILES string of the molecule is CCCCSc1nc(Cl)c(/N=N/c2ccccc2)c(Cl)n1. The van der Waals surface area contributed by atoms with E-state index in [-0.39, 0.29) is 10.3 Å². The van der Waals surface area contributed by atoms with Crippen molar-refractivity contribution >= 4 is 46.3 Å². The van der Waals surface area contributed by atoms with Gasteiger partial charge in [-0.05, 0) is 18.6 Å². The van der Waals surface area contributed by atoms with E-state index < -0.39 is 0 Å². The summed E-state index contributed by atoms with van der Waals surface area (Å²) in [4.78, 5) is 8.39. The van der Waals surface area contributed by atoms with Gasteiger partial charge in [-0.15, -0.1) is 5.11 Å². The Bertz CT molecular complexity index is 597. The van der Waals surface area contributed by atoms with Crippen LogP contribution in [0.5, 0.6) is 0 Å². The highest BCUT2D eigenvalue weighted by molar-refractivity contribution is 7.99. The highest BCUT2D eigenvalue weighted by Gasteiger charge is 2.11. The van der Waals surface area contributed by atoms with Crippen molar-refractivity contribution < 1.29 is 0 Å². The molecule has 0 atom stereocenters. The minimum atomic E-state index is 0.216. The lowest BCUT2D eigenvalue weighted by molar-refractivity contribution is 0.887. The summed E-state index contributed by atoms with van der Waals surface area (Å²) in [5.74, 6) is 0.939. The van der Waals surface area contributed by atoms with Crippen molar-refractivity contribution in [2.45, 2.75) is 24.9 Å². The molecule has 21 heavy (non-hydrogen) atoms. The average molecular weight is 341 g/mol. The summed E-state index contributed by atoms with van der Waals surface area (Å²) >= 11 is 13.8. The zero-order valence-corrected chi connectivity index (χ0v) is 13.8. The molecule has 0 spiro atoms. The molecule has 0 saturated heterocycles. The minimum Gasteiger partial charge on any atom is -0.208 e. The zero-order valence-electron chi connectivity index (χ0n) is 11.5. The normalized spacial score (nSPS) is 11.2. The first kappa shape index (κ1) is 16.2. The number of benzene rings is 1. The summed E-state index contributed by atoms with van der Waals surface area (Å²) in [5.41, 5.74) is 1.01. The van der Waals surface area contributed by atoms with E-state index in [4.69, 9.17) is 23.2 Å². The highest BCUT2D eigenvalue weighted by atomic mass is 35.5. The van der Waals surface area contributed by atoms with Crippen molar-refractivity contribution in [3.63, 3.8) is 0 Å². The lowest BCUT2D eigenvalue weighted by Gasteiger charge is -2.03. The number of aromatic nitrogens is 2. The second-order valence-electron chi connectivity index (χ2n) is 4.17. The predicted molar refractivity (Wildman–Crippen MR) is 88.3 cm³/mol. The fourth-order valence-electron chi connectivity index (χ4n) is 1.44. The van der Waals surface area contributed by atoms with Gasteiger partial charge in [-0.3, -0.25) is 0 Å². The Balaban J connectivity index is 2.15. The summed E-state index contributed by atoms with van der Waals surface area (Å²) in [6.07, 6.45) is 2.22. The van der Waals surface area contributed by atoms with E-state index in [9.17, 15) is 0 Å². The van der Waals surface area contributed by atoms with Crippen LogP contribution in [0.3, 0.4) is 0 Å². The number of rotatable bonds is 6. The summed E-state index contributed by atoms with van der Waals surface area (Å²) in [5, 5.41) is 9.11. The van der Waals surface area contributed by atoms with Gasteiger partial charge in [0.05, 0.1) is 5.69 Å². The second-order valence-corrected chi connectivity index (χ2v) is 5.95. The number of halogens is 2. The molecule has 2 rings (SSSR count). The molecule has 110 valence electrons. The molecule has 0 amide bonds. The van der Waals surface area contributed by atoms with Crippen LogP contribution in [0.1, 0.15) is 19.8 Å². The predicted octanol–water partition coefficient (Wildman–Crippen LogP) is 6.09. The van der Waals surface area contributed by atoms with Gasteiger partial charge in [0.2, 0.25) is 0 Å². The van der Waals surface area contributed by atoms with Crippen LogP contribution in [0.4, 0.5) is 11.4 Å². The molecule has 1 aromatic heterocycles. The zero-order chi connectivity index (χ0) is 15.1. The van der Waals surface area contributed by atoms with Crippen LogP contribution in [0, 0.1) is 0 Å². The number of azo groups is 1. The molecule has 0 bridgehead atoms. The fraction of sp³-hybridized carbons (Fsp3) is 0.286. The van der Waals surface area contributed by atoms with Gasteiger partial charge in [0.1, 0.15) is 0 Å². The number of nitrogens with zero attached hydrogens (tertiary/aromatic N) is 4. The maximum atomic E-state index is 6.11. The standard InChI is InChI=1S/C14H14Cl2N4S/c1-2-3-9-21-14-17-12(15)11(13(16)18-14)20-19-10-7-5-4-6-8-10/h4-8H,2-3,9H2,1H3/b20-19+. The number of thioether (sulfide) groups is 1. The van der Waals surface area contributed by atoms with Crippen LogP contribution in [0.15, 0.2) is 45.7 Å². The van der Waals surface area contributed by atoms with Gasteiger partial charge >= 0.3 is 0 Å². The maximum absolute atomic E-state index is 6.11. The lowest BCUT2D eigenvalue weighted by atomic mass is 10.3. The molecule has 0 aliphatic heterocycles. The monoisotopic (exact) mass is 340 g/mol. The Morgan fingerprint density at radius 3 is 2.33 bits per heavy atom. The third kappa shape index (κ3) is 4.95. The van der Waals surface area contributed by atoms with E-state index in [0.29, 0.717) is 16.5 Å². The number of hydrogen-bond acceptors (Lipinski definition) is 5. The van der Waals surface area contributed by atoms with Crippen molar-refractivity contribution in [3.05, 3.63) is 40.6 Å². The second kappa shape index (κ2) is 8.32. The summed E-state index contributed by atoms with van der Waals surface area (Å²) in [6.45, 7) is 2.13. The molecule has 7 heteroatoms. The first-order valence-electron chi connectivity index (χ1n) is 6.53. The molecule has 0 aliphatic rings. The molecular weight excluding hydrogens is 327 g/mol. The smallest absolute Gasteiger partial charge is 0.190 e. The van der Waals surface area contributed by atoms with E-state index in [1.807, 2.05) is 30.3 Å². The van der Waals surface area contributed by atoms with Crippen molar-refractivity contribution in [1.29, 1.82) is 0 Å². The van der Waals surface area contributed by atoms with Gasteiger partial charge in [0, 0.05) is 5.75 Å². The molecule has 0 N–H and O–H groups in total. The van der Waals surface area contributed by atoms with Crippen LogP contribution in [-0.2, 0) is 0 Å². The molecule has 0 radical (unpaired) electrons. The van der Waals surface area contributed by atoms with Gasteiger partial charge in [-0.2, -0.15) is 5.11 Å². The van der Waals surface area contributed by atoms with E-state index in [1.54, 1.807) is 0 Å². The Labute approximate surface area is 138 Å². The van der Waals surface area contributed by atoms with Gasteiger partial charge < -0.3 is 0 Å². The summed E-state index contributed by atoms with van der Waals surface area (Å²) < 4.78 is 0. The van der Waals surface area contributed by atoms with E-state index in [1.165, 1.54) is 11.8 Å². The molecule has 0 unspecified atom stereocenters. The Morgan fingerprint density at radius 2 is 1.71 bits per heavy atom. The van der Waals surface area contributed by atoms with Crippen molar-refractivity contribution in [3.8, 4) is 0 Å². The molecule has 0 aliphatic carbocycles. The topological polar surface area (TPSA) is 50.5 Å². The van der Waals surface area contributed by atoms with Crippen LogP contribution < -0.4 is 0 Å². The van der Waals surface area contributed by atoms with Crippen molar-refractivity contribution in [1.82, 2.24) is 9.97 Å². The van der Waals surface area contributed by atoms with Crippen molar-refractivity contribution in [2.75, 3.05) is 5.75 Å². The molecule has 0 fully saturated rings. The van der Waals surface area contributed by atoms with E-state index in [2.05, 4.69) is 27.1 Å². The third-order valence-corrected chi connectivity index (χ3v) is 3.99. The van der Waals surface area contributed by atoms with Crippen LogP contribution in [0.2, 0.25) is 10.3 Å². The van der Waals surface area contributed by atoms with Gasteiger partial charge in [-0.1, -0.05) is 66.5 Å². The van der Waals surface area contributed by atoms with Crippen LogP contribution >= 0.6 is 35.0 Å². The van der Waals surface area contributed by atoms with E-state index in [0.717, 1.165) is 18.6 Å². The molecule has 2 aromatic rings. The number of unbranched alkanes of at least 4 members (excludes halogenated alkanes) is 1. The van der Waals surface area contributed by atoms with Crippen molar-refractivity contribution in [2.24, 2.45) is 10.2 Å². The molecule has 1 heterocycles. The van der Waals surface area contributed by atoms with Crippen LogP contribution in [-0.4, -0.2) is 15.7 Å². The average Bonchev–Trinajstić information content (AvgIpc) is 2.48.